The molecule has 2 aliphatic rings. The van der Waals surface area contributed by atoms with Crippen LogP contribution < -0.4 is 0 Å². The predicted octanol–water partition coefficient (Wildman–Crippen LogP) is 15.9. The molecule has 2 aliphatic carbocycles. The number of allylic oxidation sites excluding steroid dienone is 10. The van der Waals surface area contributed by atoms with Gasteiger partial charge in [0.15, 0.2) is 11.6 Å². The minimum absolute atomic E-state index is 0.0119. The Bertz CT molecular complexity index is 2060. The quantitative estimate of drug-likeness (QED) is 0.221. The second-order valence-electron chi connectivity index (χ2n) is 18.3. The van der Waals surface area contributed by atoms with Crippen LogP contribution in [-0.2, 0) is 21.9 Å². The van der Waals surface area contributed by atoms with Crippen molar-refractivity contribution < 1.29 is 35.9 Å². The minimum Gasteiger partial charge on any atom is -0.289 e. The average molecular weight is 937 g/mol. The predicted molar refractivity (Wildman–Crippen MR) is 223 cm³/mol. The third-order valence-corrected chi connectivity index (χ3v) is 10.6. The molecule has 0 saturated carbocycles. The second-order valence-corrected chi connectivity index (χ2v) is 20.0. The van der Waals surface area contributed by atoms with Crippen LogP contribution in [0, 0.1) is 21.7 Å². The van der Waals surface area contributed by atoms with E-state index in [1.54, 1.807) is 24.3 Å². The van der Waals surface area contributed by atoms with Gasteiger partial charge in [0.2, 0.25) is 0 Å². The van der Waals surface area contributed by atoms with Crippen LogP contribution in [0.4, 0.5) is 37.7 Å². The highest BCUT2D eigenvalue weighted by atomic mass is 79.9. The fourth-order valence-corrected chi connectivity index (χ4v) is 7.24. The summed E-state index contributed by atoms with van der Waals surface area (Å²) in [6, 6.07) is 3.47. The molecule has 2 aromatic rings. The molecule has 0 fully saturated rings. The number of ketones is 2. The Kier molecular flexibility index (Phi) is 13.0. The van der Waals surface area contributed by atoms with Gasteiger partial charge >= 0.3 is 12.4 Å². The number of carbonyl (C=O) groups excluding carboxylic acids is 2. The molecule has 0 spiro atoms. The Morgan fingerprint density at radius 2 is 0.724 bits per heavy atom. The van der Waals surface area contributed by atoms with E-state index in [0.29, 0.717) is 45.6 Å². The lowest BCUT2D eigenvalue weighted by Crippen LogP contribution is -2.27. The first-order chi connectivity index (χ1) is 26.2. The van der Waals surface area contributed by atoms with Gasteiger partial charge in [0.1, 0.15) is 0 Å². The van der Waals surface area contributed by atoms with Gasteiger partial charge in [-0.3, -0.25) is 9.59 Å². The molecule has 58 heavy (non-hydrogen) atoms. The van der Waals surface area contributed by atoms with E-state index in [9.17, 15) is 35.9 Å². The van der Waals surface area contributed by atoms with Crippen molar-refractivity contribution in [3.8, 4) is 11.1 Å². The van der Waals surface area contributed by atoms with Gasteiger partial charge in [-0.2, -0.15) is 46.8 Å². The smallest absolute Gasteiger partial charge is 0.289 e. The summed E-state index contributed by atoms with van der Waals surface area (Å²) in [6.45, 7) is 22.6. The molecule has 310 valence electrons. The van der Waals surface area contributed by atoms with Crippen molar-refractivity contribution in [2.75, 3.05) is 0 Å². The number of halogens is 8. The minimum atomic E-state index is -4.97. The Hall–Kier alpha value is -4.04. The first-order valence-electron chi connectivity index (χ1n) is 18.2. The lowest BCUT2D eigenvalue weighted by Gasteiger charge is -2.31. The van der Waals surface area contributed by atoms with Crippen LogP contribution in [-0.4, -0.2) is 11.6 Å². The number of rotatable bonds is 5. The van der Waals surface area contributed by atoms with Crippen LogP contribution in [0.15, 0.2) is 124 Å². The van der Waals surface area contributed by atoms with E-state index in [2.05, 4.69) is 52.3 Å². The maximum absolute atomic E-state index is 14.6. The summed E-state index contributed by atoms with van der Waals surface area (Å²) < 4.78 is 87.3. The first kappa shape index (κ1) is 46.6. The second kappa shape index (κ2) is 16.2. The molecule has 6 nitrogen and oxygen atoms in total. The fourth-order valence-electron chi connectivity index (χ4n) is 6.15. The van der Waals surface area contributed by atoms with E-state index >= 15 is 0 Å². The molecule has 0 unspecified atom stereocenters. The van der Waals surface area contributed by atoms with Crippen molar-refractivity contribution in [3.05, 3.63) is 114 Å². The maximum Gasteiger partial charge on any atom is 0.418 e. The van der Waals surface area contributed by atoms with Gasteiger partial charge in [0.05, 0.1) is 34.9 Å². The molecule has 2 aromatic carbocycles. The lowest BCUT2D eigenvalue weighted by molar-refractivity contribution is -0.138. The Balaban J connectivity index is 1.81. The zero-order valence-corrected chi connectivity index (χ0v) is 37.6. The van der Waals surface area contributed by atoms with Gasteiger partial charge in [0, 0.05) is 31.2 Å². The third-order valence-electron chi connectivity index (χ3n) is 9.27. The van der Waals surface area contributed by atoms with Crippen LogP contribution in [0.1, 0.15) is 94.2 Å². The Labute approximate surface area is 352 Å². The van der Waals surface area contributed by atoms with Crippen molar-refractivity contribution in [3.63, 3.8) is 0 Å². The van der Waals surface area contributed by atoms with E-state index in [0.717, 1.165) is 12.1 Å². The van der Waals surface area contributed by atoms with Crippen LogP contribution in [0.5, 0.6) is 0 Å². The largest absolute Gasteiger partial charge is 0.418 e. The molecule has 0 N–H and O–H groups in total. The number of azo groups is 2. The average Bonchev–Trinajstić information content (AvgIpc) is 3.03. The van der Waals surface area contributed by atoms with Crippen molar-refractivity contribution >= 4 is 54.8 Å². The van der Waals surface area contributed by atoms with E-state index in [4.69, 9.17) is 0 Å². The number of nitrogens with zero attached hydrogens (tertiary/aromatic N) is 4. The van der Waals surface area contributed by atoms with Gasteiger partial charge in [0.25, 0.3) is 0 Å². The van der Waals surface area contributed by atoms with Crippen molar-refractivity contribution in [1.82, 2.24) is 0 Å². The zero-order valence-electron chi connectivity index (χ0n) is 34.4. The number of hydrogen-bond donors (Lipinski definition) is 0. The van der Waals surface area contributed by atoms with Crippen LogP contribution in [0.3, 0.4) is 0 Å². The summed E-state index contributed by atoms with van der Waals surface area (Å²) >= 11 is 6.49. The summed E-state index contributed by atoms with van der Waals surface area (Å²) in [4.78, 5) is 26.5. The third kappa shape index (κ3) is 10.8. The van der Waals surface area contributed by atoms with Crippen molar-refractivity contribution in [2.45, 2.75) is 95.4 Å². The van der Waals surface area contributed by atoms with Crippen LogP contribution in [0.25, 0.3) is 11.1 Å². The topological polar surface area (TPSA) is 83.6 Å². The summed E-state index contributed by atoms with van der Waals surface area (Å²) in [6.07, 6.45) is -0.895. The zero-order chi connectivity index (χ0) is 44.1. The monoisotopic (exact) mass is 934 g/mol. The van der Waals surface area contributed by atoms with Crippen LogP contribution in [0.2, 0.25) is 0 Å². The molecule has 0 atom stereocenters. The molecular weight excluding hydrogens is 890 g/mol. The summed E-state index contributed by atoms with van der Waals surface area (Å²) in [5.41, 5.74) is -3.20. The van der Waals surface area contributed by atoms with Gasteiger partial charge in [-0.25, -0.2) is 0 Å². The van der Waals surface area contributed by atoms with E-state index in [-0.39, 0.29) is 31.6 Å². The highest BCUT2D eigenvalue weighted by molar-refractivity contribution is 9.11. The SMILES string of the molecule is CC(C)(C)C1=CC(=C/N=N/c2cc(Br)c(-c3cc(C(F)(F)F)c(/N=N/C=C4C=C(C(C)(C)C)C(=O)C(C(C)(C)C)=C4)cc3Br)cc2C(F)(F)F)C=C(C(C)(C)C)C1=O. The lowest BCUT2D eigenvalue weighted by atomic mass is 9.72. The van der Waals surface area contributed by atoms with E-state index < -0.39 is 56.5 Å². The molecule has 0 saturated heterocycles. The molecule has 0 heterocycles. The maximum atomic E-state index is 14.6. The summed E-state index contributed by atoms with van der Waals surface area (Å²) in [7, 11) is 0. The molecule has 4 rings (SSSR count). The normalized spacial score (nSPS) is 16.6. The van der Waals surface area contributed by atoms with E-state index in [1.165, 1.54) is 12.4 Å². The molecule has 0 radical (unpaired) electrons. The van der Waals surface area contributed by atoms with Crippen LogP contribution >= 0.6 is 31.9 Å². The van der Waals surface area contributed by atoms with Gasteiger partial charge in [-0.05, 0) is 92.5 Å². The molecule has 14 heteroatoms. The Morgan fingerprint density at radius 1 is 0.466 bits per heavy atom. The fraction of sp³-hybridized carbons (Fsp3) is 0.409. The number of carbonyl (C=O) groups is 2. The highest BCUT2D eigenvalue weighted by Crippen LogP contribution is 2.48. The highest BCUT2D eigenvalue weighted by Gasteiger charge is 2.39. The summed E-state index contributed by atoms with van der Waals surface area (Å²) in [5.74, 6) is -0.252. The van der Waals surface area contributed by atoms with Crippen molar-refractivity contribution in [2.24, 2.45) is 42.1 Å². The molecule has 0 aliphatic heterocycles. The van der Waals surface area contributed by atoms with Crippen molar-refractivity contribution in [1.29, 1.82) is 0 Å². The van der Waals surface area contributed by atoms with E-state index in [1.807, 2.05) is 83.1 Å². The van der Waals surface area contributed by atoms with Gasteiger partial charge < -0.3 is 0 Å². The number of benzene rings is 2. The number of alkyl halides is 6. The summed E-state index contributed by atoms with van der Waals surface area (Å²) in [5, 5.41) is 15.6. The molecule has 0 amide bonds. The first-order valence-corrected chi connectivity index (χ1v) is 19.8. The Morgan fingerprint density at radius 3 is 0.948 bits per heavy atom. The standard InChI is InChI=1S/C44H46Br2F6N4O2/c1-39(2,3)29-13-23(14-30(37(29)57)40(4,5)6)21-53-55-35-19-33(45)25(17-27(35)43(47,48)49)26-18-28(44(50,51)52)36(20-34(26)46)56-54-22-24-15-31(41(7,8)9)38(58)32(16-24)42(10,11)12/h13-22H,1-12H3/b55-53+,56-54+. The molecule has 0 bridgehead atoms. The van der Waals surface area contributed by atoms with Gasteiger partial charge in [-0.15, -0.1) is 0 Å². The number of Topliss-reactive ketones (excluding diaryl/α,β-unsaturated/α-hetero) is 2. The number of hydrogen-bond acceptors (Lipinski definition) is 6. The molecule has 0 aromatic heterocycles. The van der Waals surface area contributed by atoms with Gasteiger partial charge in [-0.1, -0.05) is 115 Å². The molecular formula is C44H46Br2F6N4O2.